The van der Waals surface area contributed by atoms with Gasteiger partial charge in [0.25, 0.3) is 0 Å². The zero-order valence-corrected chi connectivity index (χ0v) is 11.3. The summed E-state index contributed by atoms with van der Waals surface area (Å²) in [6.45, 7) is 10.3. The molecule has 92 valence electrons. The van der Waals surface area contributed by atoms with E-state index in [-0.39, 0.29) is 0 Å². The summed E-state index contributed by atoms with van der Waals surface area (Å²) in [4.78, 5) is 0. The highest BCUT2D eigenvalue weighted by Crippen LogP contribution is 2.14. The second-order valence-electron chi connectivity index (χ2n) is 4.88. The first-order valence-electron chi connectivity index (χ1n) is 6.95. The topological polar surface area (TPSA) is 12.0 Å². The predicted octanol–water partition coefficient (Wildman–Crippen LogP) is 4.37. The fourth-order valence-corrected chi connectivity index (χ4v) is 2.02. The Bertz CT molecular complexity index is 123. The lowest BCUT2D eigenvalue weighted by atomic mass is 9.96. The van der Waals surface area contributed by atoms with Crippen LogP contribution in [0.15, 0.2) is 0 Å². The molecule has 1 heteroatoms. The van der Waals surface area contributed by atoms with Gasteiger partial charge in [-0.1, -0.05) is 59.3 Å². The molecular formula is C14H31N. The Morgan fingerprint density at radius 1 is 0.867 bits per heavy atom. The maximum Gasteiger partial charge on any atom is 0.00642 e. The molecule has 0 aliphatic heterocycles. The van der Waals surface area contributed by atoms with Crippen LogP contribution in [-0.2, 0) is 0 Å². The van der Waals surface area contributed by atoms with E-state index < -0.39 is 0 Å². The molecule has 15 heavy (non-hydrogen) atoms. The number of rotatable bonds is 10. The maximum absolute atomic E-state index is 3.51. The maximum atomic E-state index is 3.51. The summed E-state index contributed by atoms with van der Waals surface area (Å²) in [5.74, 6) is 0.830. The van der Waals surface area contributed by atoms with Gasteiger partial charge in [-0.3, -0.25) is 0 Å². The molecule has 2 unspecified atom stereocenters. The van der Waals surface area contributed by atoms with Gasteiger partial charge in [0, 0.05) is 6.04 Å². The molecule has 0 heterocycles. The van der Waals surface area contributed by atoms with Crippen LogP contribution in [0.3, 0.4) is 0 Å². The van der Waals surface area contributed by atoms with Gasteiger partial charge < -0.3 is 5.32 Å². The molecule has 2 atom stereocenters. The smallest absolute Gasteiger partial charge is 0.00642 e. The highest BCUT2D eigenvalue weighted by Gasteiger charge is 2.09. The van der Waals surface area contributed by atoms with Crippen molar-refractivity contribution in [3.05, 3.63) is 0 Å². The van der Waals surface area contributed by atoms with Gasteiger partial charge in [-0.25, -0.2) is 0 Å². The molecule has 0 aromatic heterocycles. The third-order valence-electron chi connectivity index (χ3n) is 3.39. The molecule has 0 aliphatic carbocycles. The van der Waals surface area contributed by atoms with Crippen LogP contribution in [0, 0.1) is 5.92 Å². The summed E-state index contributed by atoms with van der Waals surface area (Å²) in [6.07, 6.45) is 9.89. The first-order chi connectivity index (χ1) is 7.22. The Morgan fingerprint density at radius 2 is 1.47 bits per heavy atom. The van der Waals surface area contributed by atoms with Crippen molar-refractivity contribution in [1.82, 2.24) is 5.32 Å². The third kappa shape index (κ3) is 8.92. The van der Waals surface area contributed by atoms with Crippen LogP contribution in [0.2, 0.25) is 0 Å². The Labute approximate surface area is 97.0 Å². The van der Waals surface area contributed by atoms with E-state index in [0.717, 1.165) is 12.5 Å². The quantitative estimate of drug-likeness (QED) is 0.531. The van der Waals surface area contributed by atoms with Crippen molar-refractivity contribution in [2.45, 2.75) is 78.7 Å². The summed E-state index contributed by atoms with van der Waals surface area (Å²) < 4.78 is 0. The standard InChI is InChI=1S/C14H31N/c1-5-7-8-9-10-11-12-13(3)14(4)15-6-2/h13-15H,5-12H2,1-4H3. The summed E-state index contributed by atoms with van der Waals surface area (Å²) in [5.41, 5.74) is 0. The van der Waals surface area contributed by atoms with E-state index in [4.69, 9.17) is 0 Å². The molecule has 0 saturated heterocycles. The van der Waals surface area contributed by atoms with Crippen molar-refractivity contribution in [3.8, 4) is 0 Å². The SMILES string of the molecule is CCCCCCCCC(C)C(C)NCC. The third-order valence-corrected chi connectivity index (χ3v) is 3.39. The summed E-state index contributed by atoms with van der Waals surface area (Å²) in [5, 5.41) is 3.51. The molecule has 1 nitrogen and oxygen atoms in total. The molecule has 0 radical (unpaired) electrons. The summed E-state index contributed by atoms with van der Waals surface area (Å²) in [7, 11) is 0. The fraction of sp³-hybridized carbons (Fsp3) is 1.00. The molecule has 0 aliphatic rings. The van der Waals surface area contributed by atoms with Crippen molar-refractivity contribution in [2.75, 3.05) is 6.54 Å². The van der Waals surface area contributed by atoms with Gasteiger partial charge in [0.05, 0.1) is 0 Å². The van der Waals surface area contributed by atoms with Gasteiger partial charge in [-0.15, -0.1) is 0 Å². The van der Waals surface area contributed by atoms with E-state index >= 15 is 0 Å². The van der Waals surface area contributed by atoms with Crippen LogP contribution < -0.4 is 5.32 Å². The van der Waals surface area contributed by atoms with Crippen LogP contribution in [0.25, 0.3) is 0 Å². The molecule has 1 N–H and O–H groups in total. The first kappa shape index (κ1) is 15.0. The molecule has 0 bridgehead atoms. The number of unbranched alkanes of at least 4 members (excludes halogenated alkanes) is 5. The molecule has 0 saturated carbocycles. The molecule has 0 fully saturated rings. The minimum atomic E-state index is 0.686. The van der Waals surface area contributed by atoms with Gasteiger partial charge in [-0.2, -0.15) is 0 Å². The predicted molar refractivity (Wildman–Crippen MR) is 70.3 cm³/mol. The summed E-state index contributed by atoms with van der Waals surface area (Å²) >= 11 is 0. The molecule has 0 aromatic carbocycles. The molecular weight excluding hydrogens is 182 g/mol. The largest absolute Gasteiger partial charge is 0.314 e. The van der Waals surface area contributed by atoms with E-state index in [1.165, 1.54) is 44.9 Å². The van der Waals surface area contributed by atoms with Crippen LogP contribution in [-0.4, -0.2) is 12.6 Å². The monoisotopic (exact) mass is 213 g/mol. The van der Waals surface area contributed by atoms with Crippen molar-refractivity contribution in [1.29, 1.82) is 0 Å². The lowest BCUT2D eigenvalue weighted by molar-refractivity contribution is 0.371. The van der Waals surface area contributed by atoms with E-state index in [0.29, 0.717) is 6.04 Å². The average Bonchev–Trinajstić information content (AvgIpc) is 2.23. The lowest BCUT2D eigenvalue weighted by Gasteiger charge is -2.20. The number of hydrogen-bond acceptors (Lipinski definition) is 1. The Kier molecular flexibility index (Phi) is 10.4. The van der Waals surface area contributed by atoms with Crippen LogP contribution in [0.5, 0.6) is 0 Å². The minimum Gasteiger partial charge on any atom is -0.314 e. The van der Waals surface area contributed by atoms with Crippen molar-refractivity contribution in [2.24, 2.45) is 5.92 Å². The van der Waals surface area contributed by atoms with Crippen LogP contribution in [0.1, 0.15) is 72.6 Å². The Hall–Kier alpha value is -0.0400. The molecule has 0 amide bonds. The highest BCUT2D eigenvalue weighted by molar-refractivity contribution is 4.67. The lowest BCUT2D eigenvalue weighted by Crippen LogP contribution is -2.31. The minimum absolute atomic E-state index is 0.686. The second kappa shape index (κ2) is 10.5. The second-order valence-corrected chi connectivity index (χ2v) is 4.88. The van der Waals surface area contributed by atoms with E-state index in [1.54, 1.807) is 0 Å². The van der Waals surface area contributed by atoms with E-state index in [2.05, 4.69) is 33.0 Å². The van der Waals surface area contributed by atoms with Gasteiger partial charge in [0.1, 0.15) is 0 Å². The molecule has 0 aromatic rings. The van der Waals surface area contributed by atoms with Gasteiger partial charge in [0.2, 0.25) is 0 Å². The normalized spacial score (nSPS) is 15.2. The van der Waals surface area contributed by atoms with Crippen molar-refractivity contribution < 1.29 is 0 Å². The van der Waals surface area contributed by atoms with Gasteiger partial charge >= 0.3 is 0 Å². The van der Waals surface area contributed by atoms with E-state index in [1.807, 2.05) is 0 Å². The van der Waals surface area contributed by atoms with E-state index in [9.17, 15) is 0 Å². The van der Waals surface area contributed by atoms with Crippen LogP contribution >= 0.6 is 0 Å². The fourth-order valence-electron chi connectivity index (χ4n) is 2.02. The molecule has 0 spiro atoms. The van der Waals surface area contributed by atoms with Crippen molar-refractivity contribution >= 4 is 0 Å². The Balaban J connectivity index is 3.26. The number of hydrogen-bond donors (Lipinski definition) is 1. The highest BCUT2D eigenvalue weighted by atomic mass is 14.9. The zero-order chi connectivity index (χ0) is 11.5. The van der Waals surface area contributed by atoms with Crippen molar-refractivity contribution in [3.63, 3.8) is 0 Å². The zero-order valence-electron chi connectivity index (χ0n) is 11.3. The van der Waals surface area contributed by atoms with Gasteiger partial charge in [-0.05, 0) is 25.8 Å². The number of nitrogens with one attached hydrogen (secondary N) is 1. The molecule has 0 rings (SSSR count). The average molecular weight is 213 g/mol. The van der Waals surface area contributed by atoms with Gasteiger partial charge in [0.15, 0.2) is 0 Å². The van der Waals surface area contributed by atoms with Crippen LogP contribution in [0.4, 0.5) is 0 Å². The Morgan fingerprint density at radius 3 is 2.07 bits per heavy atom. The summed E-state index contributed by atoms with van der Waals surface area (Å²) in [6, 6.07) is 0.686. The first-order valence-corrected chi connectivity index (χ1v) is 6.95.